The fourth-order valence-electron chi connectivity index (χ4n) is 3.37. The third-order valence-corrected chi connectivity index (χ3v) is 6.86. The van der Waals surface area contributed by atoms with Gasteiger partial charge in [-0.25, -0.2) is 8.42 Å². The molecule has 7 nitrogen and oxygen atoms in total. The molecule has 1 unspecified atom stereocenters. The van der Waals surface area contributed by atoms with E-state index in [2.05, 4.69) is 0 Å². The molecule has 0 saturated carbocycles. The molecule has 0 aliphatic heterocycles. The van der Waals surface area contributed by atoms with E-state index in [-0.39, 0.29) is 18.1 Å². The third-order valence-electron chi connectivity index (χ3n) is 4.81. The van der Waals surface area contributed by atoms with Crippen molar-refractivity contribution in [2.45, 2.75) is 23.0 Å². The van der Waals surface area contributed by atoms with Crippen molar-refractivity contribution < 1.29 is 23.2 Å². The topological polar surface area (TPSA) is 107 Å². The number of benzene rings is 2. The Kier molecular flexibility index (Phi) is 6.23. The van der Waals surface area contributed by atoms with E-state index >= 15 is 0 Å². The number of aliphatic hydroxyl groups is 1. The molecule has 2 aromatic carbocycles. The van der Waals surface area contributed by atoms with Crippen molar-refractivity contribution in [1.82, 2.24) is 0 Å². The van der Waals surface area contributed by atoms with Crippen LogP contribution in [0.5, 0.6) is 0 Å². The summed E-state index contributed by atoms with van der Waals surface area (Å²) in [6.07, 6.45) is 1.81. The summed E-state index contributed by atoms with van der Waals surface area (Å²) in [4.78, 5) is 10.8. The Morgan fingerprint density at radius 3 is 2.25 bits per heavy atom. The minimum atomic E-state index is -4.23. The standard InChI is InChI=1S/C20H21NO6S/c22-19-12-11-17(18(19)14-27-13-15-7-3-1-4-8-15)20(21(23)24)28(25,26)16-9-5-2-6-10-16/h1-12,17-20,22H,13-14H2/t17?,18-,19-,20+/m0/s1. The molecule has 1 aliphatic rings. The summed E-state index contributed by atoms with van der Waals surface area (Å²) in [6, 6.07) is 16.7. The van der Waals surface area contributed by atoms with Gasteiger partial charge < -0.3 is 9.84 Å². The molecule has 0 fully saturated rings. The van der Waals surface area contributed by atoms with E-state index in [1.807, 2.05) is 30.3 Å². The lowest BCUT2D eigenvalue weighted by atomic mass is 9.94. The first-order valence-corrected chi connectivity index (χ1v) is 10.4. The van der Waals surface area contributed by atoms with Gasteiger partial charge in [0.2, 0.25) is 9.84 Å². The van der Waals surface area contributed by atoms with Gasteiger partial charge in [-0.3, -0.25) is 10.1 Å². The van der Waals surface area contributed by atoms with E-state index < -0.39 is 38.1 Å². The zero-order valence-corrected chi connectivity index (χ0v) is 15.8. The van der Waals surface area contributed by atoms with Crippen LogP contribution in [0.15, 0.2) is 77.7 Å². The number of rotatable bonds is 8. The van der Waals surface area contributed by atoms with Crippen molar-refractivity contribution in [2.75, 3.05) is 6.61 Å². The van der Waals surface area contributed by atoms with Crippen LogP contribution in [0.25, 0.3) is 0 Å². The summed E-state index contributed by atoms with van der Waals surface area (Å²) in [5.74, 6) is -1.72. The third kappa shape index (κ3) is 4.30. The zero-order chi connectivity index (χ0) is 20.1. The van der Waals surface area contributed by atoms with Gasteiger partial charge in [-0.1, -0.05) is 60.7 Å². The first-order chi connectivity index (χ1) is 13.4. The smallest absolute Gasteiger partial charge is 0.321 e. The summed E-state index contributed by atoms with van der Waals surface area (Å²) in [6.45, 7) is 0.272. The van der Waals surface area contributed by atoms with Gasteiger partial charge in [0.15, 0.2) is 0 Å². The maximum Gasteiger partial charge on any atom is 0.321 e. The highest BCUT2D eigenvalue weighted by molar-refractivity contribution is 7.91. The van der Waals surface area contributed by atoms with Crippen molar-refractivity contribution in [3.63, 3.8) is 0 Å². The van der Waals surface area contributed by atoms with Gasteiger partial charge >= 0.3 is 5.37 Å². The predicted molar refractivity (Wildman–Crippen MR) is 103 cm³/mol. The van der Waals surface area contributed by atoms with Gasteiger partial charge in [-0.15, -0.1) is 0 Å². The first-order valence-electron chi connectivity index (χ1n) is 8.82. The molecule has 3 rings (SSSR count). The molecule has 0 bridgehead atoms. The Hall–Kier alpha value is -2.55. The van der Waals surface area contributed by atoms with Crippen molar-refractivity contribution in [3.8, 4) is 0 Å². The number of nitrogens with zero attached hydrogens (tertiary/aromatic N) is 1. The molecule has 4 atom stereocenters. The van der Waals surface area contributed by atoms with Gasteiger partial charge in [0, 0.05) is 10.8 Å². The molecule has 0 radical (unpaired) electrons. The molecule has 2 aromatic rings. The van der Waals surface area contributed by atoms with E-state index in [1.165, 1.54) is 36.4 Å². The normalized spacial score (nSPS) is 22.8. The van der Waals surface area contributed by atoms with Gasteiger partial charge in [-0.05, 0) is 17.7 Å². The Morgan fingerprint density at radius 2 is 1.64 bits per heavy atom. The van der Waals surface area contributed by atoms with Gasteiger partial charge in [-0.2, -0.15) is 0 Å². The molecule has 0 aromatic heterocycles. The van der Waals surface area contributed by atoms with Crippen molar-refractivity contribution >= 4 is 9.84 Å². The van der Waals surface area contributed by atoms with E-state index in [9.17, 15) is 23.6 Å². The van der Waals surface area contributed by atoms with Crippen LogP contribution >= 0.6 is 0 Å². The highest BCUT2D eigenvalue weighted by Crippen LogP contribution is 2.35. The van der Waals surface area contributed by atoms with E-state index in [0.717, 1.165) is 5.56 Å². The molecule has 28 heavy (non-hydrogen) atoms. The Labute approximate surface area is 163 Å². The average Bonchev–Trinajstić information content (AvgIpc) is 3.03. The molecular weight excluding hydrogens is 382 g/mol. The first kappa shape index (κ1) is 20.2. The Bertz CT molecular complexity index is 930. The number of hydrogen-bond acceptors (Lipinski definition) is 6. The van der Waals surface area contributed by atoms with Crippen molar-refractivity contribution in [3.05, 3.63) is 88.5 Å². The average molecular weight is 403 g/mol. The molecule has 8 heteroatoms. The van der Waals surface area contributed by atoms with Crippen LogP contribution in [-0.4, -0.2) is 36.5 Å². The minimum absolute atomic E-state index is 0.00236. The fraction of sp³-hybridized carbons (Fsp3) is 0.300. The van der Waals surface area contributed by atoms with Crippen LogP contribution in [0.1, 0.15) is 5.56 Å². The fourth-order valence-corrected chi connectivity index (χ4v) is 5.12. The largest absolute Gasteiger partial charge is 0.389 e. The van der Waals surface area contributed by atoms with E-state index in [0.29, 0.717) is 0 Å². The lowest BCUT2D eigenvalue weighted by Gasteiger charge is -2.24. The second-order valence-corrected chi connectivity index (χ2v) is 8.70. The summed E-state index contributed by atoms with van der Waals surface area (Å²) in [7, 11) is -4.23. The maximum atomic E-state index is 12.9. The van der Waals surface area contributed by atoms with Gasteiger partial charge in [0.1, 0.15) is 0 Å². The Morgan fingerprint density at radius 1 is 1.04 bits per heavy atom. The van der Waals surface area contributed by atoms with E-state index in [1.54, 1.807) is 6.07 Å². The molecular formula is C20H21NO6S. The molecule has 0 amide bonds. The van der Waals surface area contributed by atoms with E-state index in [4.69, 9.17) is 4.74 Å². The molecule has 0 spiro atoms. The van der Waals surface area contributed by atoms with Gasteiger partial charge in [0.05, 0.1) is 30.1 Å². The number of aliphatic hydroxyl groups excluding tert-OH is 1. The van der Waals surface area contributed by atoms with Crippen LogP contribution in [0, 0.1) is 22.0 Å². The highest BCUT2D eigenvalue weighted by atomic mass is 32.2. The minimum Gasteiger partial charge on any atom is -0.389 e. The summed E-state index contributed by atoms with van der Waals surface area (Å²) in [5, 5.41) is 20.1. The predicted octanol–water partition coefficient (Wildman–Crippen LogP) is 2.44. The van der Waals surface area contributed by atoms with Gasteiger partial charge in [0.25, 0.3) is 0 Å². The maximum absolute atomic E-state index is 12.9. The highest BCUT2D eigenvalue weighted by Gasteiger charge is 2.50. The second kappa shape index (κ2) is 8.64. The number of sulfone groups is 1. The van der Waals surface area contributed by atoms with Crippen LogP contribution < -0.4 is 0 Å². The van der Waals surface area contributed by atoms with Crippen LogP contribution in [-0.2, 0) is 21.2 Å². The lowest BCUT2D eigenvalue weighted by molar-refractivity contribution is -0.505. The summed E-state index contributed by atoms with van der Waals surface area (Å²) < 4.78 is 31.5. The van der Waals surface area contributed by atoms with Crippen LogP contribution in [0.4, 0.5) is 0 Å². The second-order valence-electron chi connectivity index (χ2n) is 6.65. The summed E-state index contributed by atoms with van der Waals surface area (Å²) >= 11 is 0. The lowest BCUT2D eigenvalue weighted by Crippen LogP contribution is -2.42. The number of nitro groups is 1. The SMILES string of the molecule is O=[N+]([O-])[C@@H](C1C=C[C@H](O)[C@H]1COCc1ccccc1)S(=O)(=O)c1ccccc1. The Balaban J connectivity index is 1.79. The van der Waals surface area contributed by atoms with Crippen molar-refractivity contribution in [2.24, 2.45) is 11.8 Å². The van der Waals surface area contributed by atoms with Crippen molar-refractivity contribution in [1.29, 1.82) is 0 Å². The summed E-state index contributed by atoms with van der Waals surface area (Å²) in [5.41, 5.74) is 0.919. The molecule has 0 saturated heterocycles. The van der Waals surface area contributed by atoms with Crippen LogP contribution in [0.2, 0.25) is 0 Å². The molecule has 148 valence electrons. The zero-order valence-electron chi connectivity index (χ0n) is 15.0. The van der Waals surface area contributed by atoms with Crippen LogP contribution in [0.3, 0.4) is 0 Å². The number of ether oxygens (including phenoxy) is 1. The molecule has 1 aliphatic carbocycles. The number of hydrogen-bond donors (Lipinski definition) is 1. The monoisotopic (exact) mass is 403 g/mol. The quantitative estimate of drug-likeness (QED) is 0.412. The molecule has 0 heterocycles. The molecule has 1 N–H and O–H groups in total.